The summed E-state index contributed by atoms with van der Waals surface area (Å²) in [6, 6.07) is 5.75. The zero-order valence-corrected chi connectivity index (χ0v) is 7.79. The van der Waals surface area contributed by atoms with Gasteiger partial charge in [0, 0.05) is 6.07 Å². The van der Waals surface area contributed by atoms with Gasteiger partial charge in [-0.25, -0.2) is 4.98 Å². The maximum atomic E-state index is 6.13. The van der Waals surface area contributed by atoms with E-state index in [1.54, 1.807) is 7.11 Å². The standard InChI is InChI=1S/C10H14N2O/c1-13-9-5-2-4-8(12-9)10(11)6-3-7-10/h2,4-5H,3,6-7,11H2,1H3. The van der Waals surface area contributed by atoms with Crippen molar-refractivity contribution in [2.75, 3.05) is 7.11 Å². The van der Waals surface area contributed by atoms with E-state index in [1.165, 1.54) is 6.42 Å². The molecule has 70 valence electrons. The van der Waals surface area contributed by atoms with Gasteiger partial charge in [-0.15, -0.1) is 0 Å². The van der Waals surface area contributed by atoms with Crippen LogP contribution in [0.2, 0.25) is 0 Å². The summed E-state index contributed by atoms with van der Waals surface area (Å²) in [5, 5.41) is 0. The quantitative estimate of drug-likeness (QED) is 0.745. The second kappa shape index (κ2) is 3.00. The van der Waals surface area contributed by atoms with Crippen LogP contribution in [0.4, 0.5) is 0 Å². The van der Waals surface area contributed by atoms with E-state index >= 15 is 0 Å². The molecular formula is C10H14N2O. The number of ether oxygens (including phenoxy) is 1. The molecule has 1 aliphatic carbocycles. The fourth-order valence-electron chi connectivity index (χ4n) is 1.62. The molecule has 2 N–H and O–H groups in total. The van der Waals surface area contributed by atoms with E-state index in [4.69, 9.17) is 10.5 Å². The third-order valence-electron chi connectivity index (χ3n) is 2.69. The van der Waals surface area contributed by atoms with Crippen LogP contribution in [0.15, 0.2) is 18.2 Å². The predicted molar refractivity (Wildman–Crippen MR) is 50.5 cm³/mol. The molecule has 0 amide bonds. The number of nitrogens with zero attached hydrogens (tertiary/aromatic N) is 1. The van der Waals surface area contributed by atoms with Crippen LogP contribution in [0.5, 0.6) is 5.88 Å². The molecule has 1 heterocycles. The van der Waals surface area contributed by atoms with Crippen molar-refractivity contribution in [1.82, 2.24) is 4.98 Å². The van der Waals surface area contributed by atoms with Crippen LogP contribution in [0.1, 0.15) is 25.0 Å². The first-order valence-corrected chi connectivity index (χ1v) is 4.55. The predicted octanol–water partition coefficient (Wildman–Crippen LogP) is 1.43. The van der Waals surface area contributed by atoms with Gasteiger partial charge in [-0.1, -0.05) is 6.07 Å². The van der Waals surface area contributed by atoms with Gasteiger partial charge in [0.05, 0.1) is 18.3 Å². The van der Waals surface area contributed by atoms with E-state index < -0.39 is 0 Å². The molecular weight excluding hydrogens is 164 g/mol. The van der Waals surface area contributed by atoms with Crippen molar-refractivity contribution in [1.29, 1.82) is 0 Å². The van der Waals surface area contributed by atoms with Crippen LogP contribution in [0.25, 0.3) is 0 Å². The molecule has 0 bridgehead atoms. The lowest BCUT2D eigenvalue weighted by atomic mass is 9.75. The molecule has 1 saturated carbocycles. The molecule has 0 aliphatic heterocycles. The van der Waals surface area contributed by atoms with Gasteiger partial charge in [-0.2, -0.15) is 0 Å². The van der Waals surface area contributed by atoms with Crippen molar-refractivity contribution in [3.8, 4) is 5.88 Å². The van der Waals surface area contributed by atoms with Crippen molar-refractivity contribution < 1.29 is 4.74 Å². The van der Waals surface area contributed by atoms with E-state index in [9.17, 15) is 0 Å². The van der Waals surface area contributed by atoms with Crippen molar-refractivity contribution >= 4 is 0 Å². The highest BCUT2D eigenvalue weighted by molar-refractivity contribution is 5.23. The number of aromatic nitrogens is 1. The number of rotatable bonds is 2. The minimum absolute atomic E-state index is 0.186. The maximum Gasteiger partial charge on any atom is 0.213 e. The first-order valence-electron chi connectivity index (χ1n) is 4.55. The van der Waals surface area contributed by atoms with Gasteiger partial charge in [-0.05, 0) is 25.3 Å². The molecule has 0 unspecified atom stereocenters. The molecule has 1 aromatic heterocycles. The third-order valence-corrected chi connectivity index (χ3v) is 2.69. The summed E-state index contributed by atoms with van der Waals surface area (Å²) < 4.78 is 5.05. The second-order valence-electron chi connectivity index (χ2n) is 3.57. The highest BCUT2D eigenvalue weighted by Gasteiger charge is 2.35. The maximum absolute atomic E-state index is 6.13. The van der Waals surface area contributed by atoms with Gasteiger partial charge in [0.1, 0.15) is 0 Å². The van der Waals surface area contributed by atoms with Crippen molar-refractivity contribution in [2.45, 2.75) is 24.8 Å². The second-order valence-corrected chi connectivity index (χ2v) is 3.57. The zero-order valence-electron chi connectivity index (χ0n) is 7.79. The fourth-order valence-corrected chi connectivity index (χ4v) is 1.62. The van der Waals surface area contributed by atoms with Gasteiger partial charge in [0.25, 0.3) is 0 Å². The van der Waals surface area contributed by atoms with Crippen LogP contribution in [-0.2, 0) is 5.54 Å². The molecule has 3 nitrogen and oxygen atoms in total. The minimum Gasteiger partial charge on any atom is -0.481 e. The molecule has 0 aromatic carbocycles. The fraction of sp³-hybridized carbons (Fsp3) is 0.500. The normalized spacial score (nSPS) is 19.2. The Labute approximate surface area is 77.9 Å². The van der Waals surface area contributed by atoms with Gasteiger partial charge in [0.2, 0.25) is 5.88 Å². The van der Waals surface area contributed by atoms with Gasteiger partial charge in [0.15, 0.2) is 0 Å². The van der Waals surface area contributed by atoms with Crippen molar-refractivity contribution in [3.05, 3.63) is 23.9 Å². The first kappa shape index (κ1) is 8.51. The Kier molecular flexibility index (Phi) is 1.96. The van der Waals surface area contributed by atoms with Crippen LogP contribution in [0, 0.1) is 0 Å². The van der Waals surface area contributed by atoms with E-state index in [2.05, 4.69) is 4.98 Å². The summed E-state index contributed by atoms with van der Waals surface area (Å²) in [5.74, 6) is 0.647. The lowest BCUT2D eigenvalue weighted by Crippen LogP contribution is -2.44. The molecule has 13 heavy (non-hydrogen) atoms. The summed E-state index contributed by atoms with van der Waals surface area (Å²) in [6.07, 6.45) is 3.27. The summed E-state index contributed by atoms with van der Waals surface area (Å²) in [5.41, 5.74) is 6.90. The lowest BCUT2D eigenvalue weighted by molar-refractivity contribution is 0.243. The number of methoxy groups -OCH3 is 1. The van der Waals surface area contributed by atoms with Crippen LogP contribution in [-0.4, -0.2) is 12.1 Å². The average molecular weight is 178 g/mol. The Balaban J connectivity index is 2.29. The molecule has 0 saturated heterocycles. The third kappa shape index (κ3) is 1.40. The Morgan fingerprint density at radius 1 is 1.46 bits per heavy atom. The van der Waals surface area contributed by atoms with E-state index in [1.807, 2.05) is 18.2 Å². The first-order chi connectivity index (χ1) is 6.24. The van der Waals surface area contributed by atoms with E-state index in [-0.39, 0.29) is 5.54 Å². The Hall–Kier alpha value is -1.09. The van der Waals surface area contributed by atoms with Crippen LogP contribution < -0.4 is 10.5 Å². The molecule has 1 aliphatic rings. The van der Waals surface area contributed by atoms with Crippen molar-refractivity contribution in [3.63, 3.8) is 0 Å². The smallest absolute Gasteiger partial charge is 0.213 e. The summed E-state index contributed by atoms with van der Waals surface area (Å²) >= 11 is 0. The summed E-state index contributed by atoms with van der Waals surface area (Å²) in [4.78, 5) is 4.34. The van der Waals surface area contributed by atoms with Gasteiger partial charge in [-0.3, -0.25) is 0 Å². The summed E-state index contributed by atoms with van der Waals surface area (Å²) in [7, 11) is 1.62. The number of hydrogen-bond acceptors (Lipinski definition) is 3. The Bertz CT molecular complexity index is 308. The largest absolute Gasteiger partial charge is 0.481 e. The monoisotopic (exact) mass is 178 g/mol. The molecule has 1 fully saturated rings. The Morgan fingerprint density at radius 2 is 2.23 bits per heavy atom. The Morgan fingerprint density at radius 3 is 2.77 bits per heavy atom. The van der Waals surface area contributed by atoms with Crippen molar-refractivity contribution in [2.24, 2.45) is 5.73 Å². The zero-order chi connectivity index (χ0) is 9.31. The minimum atomic E-state index is -0.186. The van der Waals surface area contributed by atoms with Gasteiger partial charge < -0.3 is 10.5 Å². The number of pyridine rings is 1. The van der Waals surface area contributed by atoms with Gasteiger partial charge >= 0.3 is 0 Å². The highest BCUT2D eigenvalue weighted by atomic mass is 16.5. The molecule has 0 radical (unpaired) electrons. The number of hydrogen-bond donors (Lipinski definition) is 1. The topological polar surface area (TPSA) is 48.1 Å². The van der Waals surface area contributed by atoms with Crippen LogP contribution >= 0.6 is 0 Å². The molecule has 3 heteroatoms. The summed E-state index contributed by atoms with van der Waals surface area (Å²) in [6.45, 7) is 0. The molecule has 1 aromatic rings. The molecule has 2 rings (SSSR count). The highest BCUT2D eigenvalue weighted by Crippen LogP contribution is 2.37. The average Bonchev–Trinajstić information content (AvgIpc) is 2.14. The van der Waals surface area contributed by atoms with E-state index in [0.717, 1.165) is 18.5 Å². The van der Waals surface area contributed by atoms with E-state index in [0.29, 0.717) is 5.88 Å². The van der Waals surface area contributed by atoms with Crippen LogP contribution in [0.3, 0.4) is 0 Å². The SMILES string of the molecule is COc1cccc(C2(N)CCC2)n1. The molecule has 0 atom stereocenters. The molecule has 0 spiro atoms. The lowest BCUT2D eigenvalue weighted by Gasteiger charge is -2.37. The number of nitrogens with two attached hydrogens (primary N) is 1.